The molecule has 0 aliphatic carbocycles. The van der Waals surface area contributed by atoms with Crippen LogP contribution in [0.1, 0.15) is 5.69 Å². The van der Waals surface area contributed by atoms with Gasteiger partial charge >= 0.3 is 0 Å². The molecule has 0 spiro atoms. The predicted molar refractivity (Wildman–Crippen MR) is 89.6 cm³/mol. The number of aromatic nitrogens is 4. The summed E-state index contributed by atoms with van der Waals surface area (Å²) in [5.74, 6) is -2.00. The van der Waals surface area contributed by atoms with E-state index in [-0.39, 0.29) is 16.6 Å². The molecule has 0 atom stereocenters. The average Bonchev–Trinajstić information content (AvgIpc) is 2.91. The van der Waals surface area contributed by atoms with Crippen LogP contribution in [0.3, 0.4) is 0 Å². The van der Waals surface area contributed by atoms with Crippen LogP contribution in [0, 0.1) is 18.6 Å². The highest BCUT2D eigenvalue weighted by molar-refractivity contribution is 5.77. The second-order valence-electron chi connectivity index (χ2n) is 5.60. The van der Waals surface area contributed by atoms with E-state index < -0.39 is 11.6 Å². The molecule has 0 amide bonds. The maximum absolute atomic E-state index is 13.5. The third-order valence-corrected chi connectivity index (χ3v) is 3.93. The summed E-state index contributed by atoms with van der Waals surface area (Å²) < 4.78 is 28.1. The fourth-order valence-corrected chi connectivity index (χ4v) is 2.74. The fourth-order valence-electron chi connectivity index (χ4n) is 2.74. The molecule has 7 heteroatoms. The molecule has 0 fully saturated rings. The molecule has 4 aromatic rings. The maximum Gasteiger partial charge on any atom is 0.281 e. The first-order valence-electron chi connectivity index (χ1n) is 7.54. The minimum absolute atomic E-state index is 0.183. The van der Waals surface area contributed by atoms with Gasteiger partial charge in [-0.3, -0.25) is 14.9 Å². The summed E-state index contributed by atoms with van der Waals surface area (Å²) in [5, 5.41) is 3.00. The van der Waals surface area contributed by atoms with Gasteiger partial charge in [-0.1, -0.05) is 18.2 Å². The van der Waals surface area contributed by atoms with Gasteiger partial charge in [0.1, 0.15) is 0 Å². The zero-order valence-corrected chi connectivity index (χ0v) is 13.1. The number of para-hydroxylation sites is 1. The van der Waals surface area contributed by atoms with Gasteiger partial charge in [0.2, 0.25) is 0 Å². The predicted octanol–water partition coefficient (Wildman–Crippen LogP) is 3.36. The maximum atomic E-state index is 13.5. The van der Waals surface area contributed by atoms with Crippen LogP contribution in [-0.2, 0) is 0 Å². The van der Waals surface area contributed by atoms with Gasteiger partial charge in [-0.15, -0.1) is 0 Å². The lowest BCUT2D eigenvalue weighted by atomic mass is 10.2. The topological polar surface area (TPSA) is 63.6 Å². The molecule has 4 rings (SSSR count). The van der Waals surface area contributed by atoms with Crippen LogP contribution in [0.15, 0.2) is 53.5 Å². The van der Waals surface area contributed by atoms with Crippen molar-refractivity contribution in [3.8, 4) is 16.9 Å². The van der Waals surface area contributed by atoms with Crippen LogP contribution in [0.5, 0.6) is 0 Å². The Bertz CT molecular complexity index is 1150. The minimum Gasteiger partial charge on any atom is -0.295 e. The molecular weight excluding hydrogens is 326 g/mol. The van der Waals surface area contributed by atoms with Gasteiger partial charge < -0.3 is 0 Å². The lowest BCUT2D eigenvalue weighted by Crippen LogP contribution is -2.15. The number of benzene rings is 2. The average molecular weight is 338 g/mol. The largest absolute Gasteiger partial charge is 0.295 e. The second-order valence-corrected chi connectivity index (χ2v) is 5.60. The molecule has 124 valence electrons. The summed E-state index contributed by atoms with van der Waals surface area (Å²) in [7, 11) is 0. The molecule has 2 heterocycles. The Kier molecular flexibility index (Phi) is 3.42. The number of halogens is 2. The monoisotopic (exact) mass is 338 g/mol. The number of nitrogens with one attached hydrogen (secondary N) is 1. The van der Waals surface area contributed by atoms with Crippen molar-refractivity contribution in [2.75, 3.05) is 0 Å². The van der Waals surface area contributed by atoms with Gasteiger partial charge in [-0.2, -0.15) is 0 Å². The van der Waals surface area contributed by atoms with E-state index in [1.807, 2.05) is 18.2 Å². The lowest BCUT2D eigenvalue weighted by Gasteiger charge is -2.02. The summed E-state index contributed by atoms with van der Waals surface area (Å²) >= 11 is 0. The molecule has 0 radical (unpaired) electrons. The van der Waals surface area contributed by atoms with Crippen molar-refractivity contribution >= 4 is 11.0 Å². The molecule has 0 bridgehead atoms. The van der Waals surface area contributed by atoms with E-state index in [0.717, 1.165) is 12.1 Å². The molecule has 2 aromatic carbocycles. The second kappa shape index (κ2) is 5.62. The van der Waals surface area contributed by atoms with Gasteiger partial charge in [-0.05, 0) is 19.1 Å². The van der Waals surface area contributed by atoms with Crippen molar-refractivity contribution in [1.29, 1.82) is 0 Å². The van der Waals surface area contributed by atoms with Crippen LogP contribution in [0.2, 0.25) is 0 Å². The van der Waals surface area contributed by atoms with Crippen molar-refractivity contribution in [2.24, 2.45) is 0 Å². The number of H-pyrrole nitrogens is 1. The number of rotatable bonds is 2. The number of aromatic amines is 1. The Morgan fingerprint density at radius 3 is 2.44 bits per heavy atom. The summed E-state index contributed by atoms with van der Waals surface area (Å²) in [4.78, 5) is 21.1. The normalized spacial score (nSPS) is 11.2. The van der Waals surface area contributed by atoms with E-state index in [1.54, 1.807) is 19.1 Å². The highest BCUT2D eigenvalue weighted by atomic mass is 19.2. The van der Waals surface area contributed by atoms with Gasteiger partial charge in [0.05, 0.1) is 34.2 Å². The van der Waals surface area contributed by atoms with Crippen molar-refractivity contribution in [1.82, 2.24) is 19.7 Å². The zero-order chi connectivity index (χ0) is 17.6. The van der Waals surface area contributed by atoms with E-state index in [1.165, 1.54) is 10.9 Å². The quantitative estimate of drug-likeness (QED) is 0.609. The third kappa shape index (κ3) is 2.50. The summed E-state index contributed by atoms with van der Waals surface area (Å²) in [6.07, 6.45) is 1.38. The number of aryl methyl sites for hydroxylation is 1. The first-order chi connectivity index (χ1) is 12.0. The number of hydrogen-bond acceptors (Lipinski definition) is 3. The highest BCUT2D eigenvalue weighted by Crippen LogP contribution is 2.21. The summed E-state index contributed by atoms with van der Waals surface area (Å²) in [6.45, 7) is 1.74. The highest BCUT2D eigenvalue weighted by Gasteiger charge is 2.17. The minimum atomic E-state index is -1.01. The Morgan fingerprint density at radius 2 is 1.72 bits per heavy atom. The van der Waals surface area contributed by atoms with Crippen LogP contribution in [0.25, 0.3) is 28.0 Å². The fraction of sp³-hybridized carbons (Fsp3) is 0.0556. The first-order valence-corrected chi connectivity index (χ1v) is 7.54. The Balaban J connectivity index is 1.91. The smallest absolute Gasteiger partial charge is 0.281 e. The molecular formula is C18H12F2N4O. The van der Waals surface area contributed by atoms with Crippen molar-refractivity contribution in [3.05, 3.63) is 76.3 Å². The number of fused-ring (bicyclic) bond motifs is 1. The van der Waals surface area contributed by atoms with E-state index in [0.29, 0.717) is 22.6 Å². The van der Waals surface area contributed by atoms with Crippen molar-refractivity contribution < 1.29 is 8.78 Å². The molecule has 2 aromatic heterocycles. The van der Waals surface area contributed by atoms with Gasteiger partial charge in [0.15, 0.2) is 11.6 Å². The molecule has 0 aliphatic heterocycles. The van der Waals surface area contributed by atoms with Gasteiger partial charge in [0, 0.05) is 17.8 Å². The Morgan fingerprint density at radius 1 is 1.04 bits per heavy atom. The molecule has 0 unspecified atom stereocenters. The number of hydrogen-bond donors (Lipinski definition) is 1. The Labute approximate surface area is 140 Å². The van der Waals surface area contributed by atoms with Gasteiger partial charge in [-0.25, -0.2) is 18.4 Å². The van der Waals surface area contributed by atoms with Crippen LogP contribution >= 0.6 is 0 Å². The molecule has 5 nitrogen and oxygen atoms in total. The van der Waals surface area contributed by atoms with Crippen molar-refractivity contribution in [2.45, 2.75) is 6.92 Å². The Hall–Kier alpha value is -3.35. The SMILES string of the molecule is Cc1[nH]n(-c2ccccc2)c(=O)c1-c1cnc2cc(F)c(F)cc2n1. The zero-order valence-electron chi connectivity index (χ0n) is 13.1. The summed E-state index contributed by atoms with van der Waals surface area (Å²) in [5.41, 5.74) is 2.03. The standard InChI is InChI=1S/C18H12F2N4O/c1-10-17(18(25)24(23-10)11-5-3-2-4-6-11)16-9-21-14-7-12(19)13(20)8-15(14)22-16/h2-9,23H,1H3. The molecule has 0 saturated carbocycles. The van der Waals surface area contributed by atoms with E-state index in [2.05, 4.69) is 15.1 Å². The summed E-state index contributed by atoms with van der Waals surface area (Å²) in [6, 6.07) is 11.0. The van der Waals surface area contributed by atoms with Crippen LogP contribution < -0.4 is 5.56 Å². The van der Waals surface area contributed by atoms with E-state index in [4.69, 9.17) is 0 Å². The van der Waals surface area contributed by atoms with Gasteiger partial charge in [0.25, 0.3) is 5.56 Å². The number of nitrogens with zero attached hydrogens (tertiary/aromatic N) is 3. The molecule has 0 aliphatic rings. The molecule has 1 N–H and O–H groups in total. The van der Waals surface area contributed by atoms with E-state index >= 15 is 0 Å². The lowest BCUT2D eigenvalue weighted by molar-refractivity contribution is 0.510. The molecule has 25 heavy (non-hydrogen) atoms. The molecule has 0 saturated heterocycles. The first kappa shape index (κ1) is 15.2. The van der Waals surface area contributed by atoms with Crippen LogP contribution in [-0.4, -0.2) is 19.7 Å². The van der Waals surface area contributed by atoms with E-state index in [9.17, 15) is 13.6 Å². The third-order valence-electron chi connectivity index (χ3n) is 3.93. The van der Waals surface area contributed by atoms with Crippen LogP contribution in [0.4, 0.5) is 8.78 Å². The van der Waals surface area contributed by atoms with Crippen molar-refractivity contribution in [3.63, 3.8) is 0 Å².